The predicted octanol–water partition coefficient (Wildman–Crippen LogP) is 8.85. The molecule has 0 radical (unpaired) electrons. The zero-order valence-corrected chi connectivity index (χ0v) is 24.5. The molecule has 6 nitrogen and oxygen atoms in total. The molecule has 0 bridgehead atoms. The summed E-state index contributed by atoms with van der Waals surface area (Å²) in [5.74, 6) is 1.37. The molecule has 4 aromatic rings. The van der Waals surface area contributed by atoms with Crippen LogP contribution in [0.3, 0.4) is 0 Å². The maximum Gasteiger partial charge on any atom is 0.343 e. The highest BCUT2D eigenvalue weighted by atomic mass is 16.5. The molecule has 2 aromatic heterocycles. The van der Waals surface area contributed by atoms with Crippen LogP contribution in [0.1, 0.15) is 99.5 Å². The minimum absolute atomic E-state index is 0.414. The first-order chi connectivity index (χ1) is 20.2. The van der Waals surface area contributed by atoms with Crippen molar-refractivity contribution < 1.29 is 9.53 Å². The van der Waals surface area contributed by atoms with Crippen LogP contribution in [0.15, 0.2) is 73.3 Å². The van der Waals surface area contributed by atoms with Crippen LogP contribution in [0.2, 0.25) is 0 Å². The highest BCUT2D eigenvalue weighted by Gasteiger charge is 2.11. The summed E-state index contributed by atoms with van der Waals surface area (Å²) < 4.78 is 5.59. The number of esters is 1. The summed E-state index contributed by atoms with van der Waals surface area (Å²) in [5, 5.41) is 0. The van der Waals surface area contributed by atoms with Crippen molar-refractivity contribution in [2.45, 2.75) is 90.9 Å². The zero-order valence-electron chi connectivity index (χ0n) is 24.5. The summed E-state index contributed by atoms with van der Waals surface area (Å²) in [5.41, 5.74) is 4.54. The van der Waals surface area contributed by atoms with E-state index >= 15 is 0 Å². The normalized spacial score (nSPS) is 11.0. The van der Waals surface area contributed by atoms with Crippen molar-refractivity contribution in [3.05, 3.63) is 90.0 Å². The van der Waals surface area contributed by atoms with Crippen LogP contribution in [0, 0.1) is 0 Å². The van der Waals surface area contributed by atoms with Gasteiger partial charge in [0.2, 0.25) is 0 Å². The van der Waals surface area contributed by atoms with Gasteiger partial charge in [-0.2, -0.15) is 0 Å². The van der Waals surface area contributed by atoms with Gasteiger partial charge in [0, 0.05) is 35.9 Å². The highest BCUT2D eigenvalue weighted by Crippen LogP contribution is 2.22. The molecule has 0 atom stereocenters. The number of nitrogens with zero attached hydrogens (tertiary/aromatic N) is 4. The lowest BCUT2D eigenvalue weighted by atomic mass is 10.1. The van der Waals surface area contributed by atoms with E-state index in [1.165, 1.54) is 64.2 Å². The lowest BCUT2D eigenvalue weighted by Gasteiger charge is -2.07. The van der Waals surface area contributed by atoms with Gasteiger partial charge in [-0.1, -0.05) is 77.3 Å². The summed E-state index contributed by atoms with van der Waals surface area (Å²) in [4.78, 5) is 30.9. The number of unbranched alkanes of at least 4 members (excludes halogenated alkanes) is 8. The molecule has 0 N–H and O–H groups in total. The number of benzene rings is 2. The molecule has 0 aliphatic heterocycles. The van der Waals surface area contributed by atoms with Gasteiger partial charge in [-0.05, 0) is 73.2 Å². The number of hydrogen-bond acceptors (Lipinski definition) is 6. The van der Waals surface area contributed by atoms with Gasteiger partial charge in [0.25, 0.3) is 0 Å². The van der Waals surface area contributed by atoms with E-state index in [-0.39, 0.29) is 0 Å². The second-order valence-corrected chi connectivity index (χ2v) is 10.6. The van der Waals surface area contributed by atoms with E-state index < -0.39 is 5.97 Å². The Morgan fingerprint density at radius 3 is 1.46 bits per heavy atom. The second kappa shape index (κ2) is 16.4. The van der Waals surface area contributed by atoms with Crippen molar-refractivity contribution in [1.82, 2.24) is 19.9 Å². The molecule has 0 aliphatic rings. The topological polar surface area (TPSA) is 77.9 Å². The summed E-state index contributed by atoms with van der Waals surface area (Å²) in [6, 6.07) is 14.5. The Morgan fingerprint density at radius 1 is 0.561 bits per heavy atom. The number of hydrogen-bond donors (Lipinski definition) is 0. The number of carbonyl (C=O) groups is 1. The van der Waals surface area contributed by atoms with Crippen LogP contribution in [0.4, 0.5) is 0 Å². The lowest BCUT2D eigenvalue weighted by molar-refractivity contribution is 0.0735. The SMILES string of the molecule is CCCCCCCCc1cnc(-c2ccc(C(=O)Oc3ccc(-c4ncc(CCCCCC)cn4)cc3)cc2)nc1. The molecule has 0 fully saturated rings. The summed E-state index contributed by atoms with van der Waals surface area (Å²) in [6.45, 7) is 4.46. The van der Waals surface area contributed by atoms with E-state index in [0.29, 0.717) is 23.0 Å². The monoisotopic (exact) mass is 550 g/mol. The fourth-order valence-corrected chi connectivity index (χ4v) is 4.72. The van der Waals surface area contributed by atoms with Gasteiger partial charge in [-0.3, -0.25) is 0 Å². The highest BCUT2D eigenvalue weighted by molar-refractivity contribution is 5.91. The molecule has 0 saturated heterocycles. The first kappa shape index (κ1) is 30.0. The van der Waals surface area contributed by atoms with Crippen molar-refractivity contribution in [2.24, 2.45) is 0 Å². The lowest BCUT2D eigenvalue weighted by Crippen LogP contribution is -2.08. The van der Waals surface area contributed by atoms with Gasteiger partial charge in [0.1, 0.15) is 5.75 Å². The van der Waals surface area contributed by atoms with Gasteiger partial charge in [-0.25, -0.2) is 24.7 Å². The number of aromatic nitrogens is 4. The first-order valence-corrected chi connectivity index (χ1v) is 15.2. The predicted molar refractivity (Wildman–Crippen MR) is 165 cm³/mol. The van der Waals surface area contributed by atoms with Crippen molar-refractivity contribution in [1.29, 1.82) is 0 Å². The van der Waals surface area contributed by atoms with Gasteiger partial charge in [0.05, 0.1) is 5.56 Å². The number of ether oxygens (including phenoxy) is 1. The molecular weight excluding hydrogens is 508 g/mol. The Kier molecular flexibility index (Phi) is 12.0. The van der Waals surface area contributed by atoms with E-state index in [4.69, 9.17) is 4.74 Å². The average Bonchev–Trinajstić information content (AvgIpc) is 3.02. The van der Waals surface area contributed by atoms with Crippen molar-refractivity contribution in [3.63, 3.8) is 0 Å². The molecule has 0 saturated carbocycles. The molecule has 2 aromatic carbocycles. The minimum Gasteiger partial charge on any atom is -0.423 e. The van der Waals surface area contributed by atoms with Crippen LogP contribution in [0.5, 0.6) is 5.75 Å². The van der Waals surface area contributed by atoms with E-state index in [2.05, 4.69) is 33.8 Å². The summed E-state index contributed by atoms with van der Waals surface area (Å²) in [7, 11) is 0. The van der Waals surface area contributed by atoms with Crippen molar-refractivity contribution >= 4 is 5.97 Å². The minimum atomic E-state index is -0.414. The summed E-state index contributed by atoms with van der Waals surface area (Å²) in [6.07, 6.45) is 22.2. The van der Waals surface area contributed by atoms with Crippen molar-refractivity contribution in [2.75, 3.05) is 0 Å². The van der Waals surface area contributed by atoms with E-state index in [1.807, 2.05) is 49.1 Å². The fourth-order valence-electron chi connectivity index (χ4n) is 4.72. The molecular formula is C35H42N4O2. The smallest absolute Gasteiger partial charge is 0.343 e. The third-order valence-corrected chi connectivity index (χ3v) is 7.25. The van der Waals surface area contributed by atoms with E-state index in [0.717, 1.165) is 35.1 Å². The van der Waals surface area contributed by atoms with Crippen molar-refractivity contribution in [3.8, 4) is 28.5 Å². The first-order valence-electron chi connectivity index (χ1n) is 15.2. The quantitative estimate of drug-likeness (QED) is 0.0788. The Morgan fingerprint density at radius 2 is 0.976 bits per heavy atom. The molecule has 0 aliphatic carbocycles. The molecule has 214 valence electrons. The Labute approximate surface area is 244 Å². The van der Waals surface area contributed by atoms with Gasteiger partial charge >= 0.3 is 5.97 Å². The van der Waals surface area contributed by atoms with Crippen LogP contribution >= 0.6 is 0 Å². The van der Waals surface area contributed by atoms with Crippen LogP contribution < -0.4 is 4.74 Å². The molecule has 4 rings (SSSR count). The summed E-state index contributed by atoms with van der Waals surface area (Å²) >= 11 is 0. The zero-order chi connectivity index (χ0) is 28.7. The maximum absolute atomic E-state index is 12.7. The molecule has 0 amide bonds. The van der Waals surface area contributed by atoms with Gasteiger partial charge in [0.15, 0.2) is 11.6 Å². The van der Waals surface area contributed by atoms with Gasteiger partial charge in [-0.15, -0.1) is 0 Å². The van der Waals surface area contributed by atoms with Crippen LogP contribution in [-0.2, 0) is 12.8 Å². The molecule has 41 heavy (non-hydrogen) atoms. The molecule has 6 heteroatoms. The third-order valence-electron chi connectivity index (χ3n) is 7.25. The standard InChI is InChI=1S/C35H42N4O2/c1-3-5-7-9-10-12-14-28-25-36-33(37-26-28)29-15-17-31(18-16-29)35(40)41-32-21-19-30(20-22-32)34-38-23-27(24-39-34)13-11-8-6-4-2/h15-26H,3-14H2,1-2H3. The number of aryl methyl sites for hydroxylation is 2. The average molecular weight is 551 g/mol. The van der Waals surface area contributed by atoms with Crippen LogP contribution in [-0.4, -0.2) is 25.9 Å². The second-order valence-electron chi connectivity index (χ2n) is 10.6. The molecule has 2 heterocycles. The van der Waals surface area contributed by atoms with Crippen LogP contribution in [0.25, 0.3) is 22.8 Å². The Bertz CT molecular complexity index is 1320. The van der Waals surface area contributed by atoms with E-state index in [9.17, 15) is 4.79 Å². The van der Waals surface area contributed by atoms with Gasteiger partial charge < -0.3 is 4.74 Å². The Hall–Kier alpha value is -3.93. The third kappa shape index (κ3) is 9.59. The Balaban J connectivity index is 1.26. The molecule has 0 spiro atoms. The largest absolute Gasteiger partial charge is 0.423 e. The number of rotatable bonds is 16. The maximum atomic E-state index is 12.7. The fraction of sp³-hybridized carbons (Fsp3) is 0.400. The van der Waals surface area contributed by atoms with E-state index in [1.54, 1.807) is 24.3 Å². The number of carbonyl (C=O) groups excluding carboxylic acids is 1. The molecule has 0 unspecified atom stereocenters.